The standard InChI is InChI=1S/C13H17NO3/c14-12(13(16)17-11-2-1-3-11)8-9-4-6-10(15)7-5-9/h4-7,11-12,15H,1-3,8,14H2/t12-/m0/s1. The molecule has 0 aliphatic heterocycles. The molecule has 3 N–H and O–H groups in total. The number of carbonyl (C=O) groups is 1. The number of phenolic OH excluding ortho intramolecular Hbond substituents is 1. The Kier molecular flexibility index (Phi) is 3.64. The van der Waals surface area contributed by atoms with Crippen LogP contribution in [0.25, 0.3) is 0 Å². The van der Waals surface area contributed by atoms with E-state index in [1.165, 1.54) is 0 Å². The largest absolute Gasteiger partial charge is 0.508 e. The Hall–Kier alpha value is -1.55. The van der Waals surface area contributed by atoms with Gasteiger partial charge < -0.3 is 15.6 Å². The molecule has 4 nitrogen and oxygen atoms in total. The molecule has 4 heteroatoms. The normalized spacial score (nSPS) is 17.2. The van der Waals surface area contributed by atoms with E-state index >= 15 is 0 Å². The van der Waals surface area contributed by atoms with E-state index in [0.717, 1.165) is 24.8 Å². The van der Waals surface area contributed by atoms with Crippen molar-refractivity contribution in [2.45, 2.75) is 37.8 Å². The van der Waals surface area contributed by atoms with Gasteiger partial charge in [-0.3, -0.25) is 4.79 Å². The van der Waals surface area contributed by atoms with Crippen LogP contribution in [0.2, 0.25) is 0 Å². The first kappa shape index (κ1) is 11.9. The lowest BCUT2D eigenvalue weighted by Gasteiger charge is -2.26. The number of hydrogen-bond acceptors (Lipinski definition) is 4. The molecular weight excluding hydrogens is 218 g/mol. The first-order valence-corrected chi connectivity index (χ1v) is 5.89. The molecule has 0 radical (unpaired) electrons. The number of benzene rings is 1. The number of esters is 1. The van der Waals surface area contributed by atoms with Gasteiger partial charge in [0.15, 0.2) is 0 Å². The molecule has 0 saturated heterocycles. The highest BCUT2D eigenvalue weighted by Gasteiger charge is 2.24. The van der Waals surface area contributed by atoms with Crippen molar-refractivity contribution < 1.29 is 14.6 Å². The van der Waals surface area contributed by atoms with E-state index in [1.54, 1.807) is 24.3 Å². The maximum Gasteiger partial charge on any atom is 0.323 e. The van der Waals surface area contributed by atoms with Crippen molar-refractivity contribution in [3.05, 3.63) is 29.8 Å². The number of aromatic hydroxyl groups is 1. The molecule has 1 fully saturated rings. The van der Waals surface area contributed by atoms with Crippen LogP contribution < -0.4 is 5.73 Å². The van der Waals surface area contributed by atoms with E-state index in [1.807, 2.05) is 0 Å². The van der Waals surface area contributed by atoms with Crippen LogP contribution in [-0.2, 0) is 16.0 Å². The van der Waals surface area contributed by atoms with Crippen LogP contribution in [0.15, 0.2) is 24.3 Å². The fourth-order valence-electron chi connectivity index (χ4n) is 1.71. The van der Waals surface area contributed by atoms with E-state index in [2.05, 4.69) is 0 Å². The molecule has 0 bridgehead atoms. The predicted octanol–water partition coefficient (Wildman–Crippen LogP) is 1.36. The van der Waals surface area contributed by atoms with Gasteiger partial charge in [0.1, 0.15) is 17.9 Å². The van der Waals surface area contributed by atoms with Gasteiger partial charge in [0.2, 0.25) is 0 Å². The summed E-state index contributed by atoms with van der Waals surface area (Å²) in [5.74, 6) is -0.123. The SMILES string of the molecule is N[C@@H](Cc1ccc(O)cc1)C(=O)OC1CCC1. The first-order valence-electron chi connectivity index (χ1n) is 5.89. The number of nitrogens with two attached hydrogens (primary N) is 1. The van der Waals surface area contributed by atoms with Crippen LogP contribution in [0, 0.1) is 0 Å². The predicted molar refractivity (Wildman–Crippen MR) is 63.5 cm³/mol. The third kappa shape index (κ3) is 3.20. The topological polar surface area (TPSA) is 72.5 Å². The third-order valence-electron chi connectivity index (χ3n) is 3.03. The maximum absolute atomic E-state index is 11.6. The minimum atomic E-state index is -0.625. The van der Waals surface area contributed by atoms with Crippen molar-refractivity contribution in [1.29, 1.82) is 0 Å². The Morgan fingerprint density at radius 3 is 2.59 bits per heavy atom. The summed E-state index contributed by atoms with van der Waals surface area (Å²) < 4.78 is 5.23. The summed E-state index contributed by atoms with van der Waals surface area (Å²) in [7, 11) is 0. The average molecular weight is 235 g/mol. The van der Waals surface area contributed by atoms with Crippen LogP contribution in [0.1, 0.15) is 24.8 Å². The third-order valence-corrected chi connectivity index (χ3v) is 3.03. The minimum absolute atomic E-state index is 0.0772. The Morgan fingerprint density at radius 2 is 2.06 bits per heavy atom. The van der Waals surface area contributed by atoms with E-state index in [4.69, 9.17) is 15.6 Å². The van der Waals surface area contributed by atoms with Gasteiger partial charge in [-0.05, 0) is 43.4 Å². The molecule has 2 rings (SSSR count). The molecule has 1 aliphatic carbocycles. The zero-order chi connectivity index (χ0) is 12.3. The number of rotatable bonds is 4. The van der Waals surface area contributed by atoms with Gasteiger partial charge >= 0.3 is 5.97 Å². The summed E-state index contributed by atoms with van der Waals surface area (Å²) in [4.78, 5) is 11.6. The van der Waals surface area contributed by atoms with Crippen LogP contribution in [0.4, 0.5) is 0 Å². The Balaban J connectivity index is 1.84. The summed E-state index contributed by atoms with van der Waals surface area (Å²) in [5.41, 5.74) is 6.69. The zero-order valence-electron chi connectivity index (χ0n) is 9.63. The molecule has 1 aromatic carbocycles. The molecule has 1 aromatic rings. The van der Waals surface area contributed by atoms with E-state index in [0.29, 0.717) is 6.42 Å². The highest BCUT2D eigenvalue weighted by atomic mass is 16.5. The molecule has 17 heavy (non-hydrogen) atoms. The smallest absolute Gasteiger partial charge is 0.323 e. The van der Waals surface area contributed by atoms with Crippen molar-refractivity contribution in [3.63, 3.8) is 0 Å². The molecule has 1 atom stereocenters. The van der Waals surface area contributed by atoms with Crippen molar-refractivity contribution in [1.82, 2.24) is 0 Å². The van der Waals surface area contributed by atoms with Gasteiger partial charge in [-0.2, -0.15) is 0 Å². The van der Waals surface area contributed by atoms with Crippen LogP contribution >= 0.6 is 0 Å². The molecule has 1 saturated carbocycles. The number of carbonyl (C=O) groups excluding carboxylic acids is 1. The summed E-state index contributed by atoms with van der Waals surface area (Å²) in [6, 6.07) is 6.05. The van der Waals surface area contributed by atoms with E-state index in [9.17, 15) is 4.79 Å². The van der Waals surface area contributed by atoms with Crippen molar-refractivity contribution >= 4 is 5.97 Å². The molecule has 0 aromatic heterocycles. The second kappa shape index (κ2) is 5.19. The summed E-state index contributed by atoms with van der Waals surface area (Å²) in [5, 5.41) is 9.14. The summed E-state index contributed by atoms with van der Waals surface area (Å²) in [6.45, 7) is 0. The highest BCUT2D eigenvalue weighted by Crippen LogP contribution is 2.22. The Morgan fingerprint density at radius 1 is 1.41 bits per heavy atom. The first-order chi connectivity index (χ1) is 8.15. The maximum atomic E-state index is 11.6. The molecule has 1 aliphatic rings. The zero-order valence-corrected chi connectivity index (χ0v) is 9.63. The van der Waals surface area contributed by atoms with Crippen LogP contribution in [0.3, 0.4) is 0 Å². The van der Waals surface area contributed by atoms with Crippen LogP contribution in [0.5, 0.6) is 5.75 Å². The average Bonchev–Trinajstić information content (AvgIpc) is 2.26. The quantitative estimate of drug-likeness (QED) is 0.773. The number of phenols is 1. The molecule has 92 valence electrons. The highest BCUT2D eigenvalue weighted by molar-refractivity contribution is 5.76. The van der Waals surface area contributed by atoms with E-state index in [-0.39, 0.29) is 17.8 Å². The van der Waals surface area contributed by atoms with Gasteiger partial charge in [-0.1, -0.05) is 12.1 Å². The lowest BCUT2D eigenvalue weighted by molar-refractivity contribution is -0.154. The fourth-order valence-corrected chi connectivity index (χ4v) is 1.71. The minimum Gasteiger partial charge on any atom is -0.508 e. The second-order valence-electron chi connectivity index (χ2n) is 4.47. The molecule has 0 unspecified atom stereocenters. The Labute approximate surface area is 100 Å². The Bertz CT molecular complexity index is 384. The molecule has 0 heterocycles. The summed E-state index contributed by atoms with van der Waals surface area (Å²) in [6.07, 6.45) is 3.56. The van der Waals surface area contributed by atoms with Crippen LogP contribution in [-0.4, -0.2) is 23.2 Å². The van der Waals surface area contributed by atoms with Gasteiger partial charge in [0, 0.05) is 0 Å². The van der Waals surface area contributed by atoms with E-state index < -0.39 is 6.04 Å². The second-order valence-corrected chi connectivity index (χ2v) is 4.47. The monoisotopic (exact) mass is 235 g/mol. The van der Waals surface area contributed by atoms with Crippen molar-refractivity contribution in [3.8, 4) is 5.75 Å². The van der Waals surface area contributed by atoms with Crippen molar-refractivity contribution in [2.75, 3.05) is 0 Å². The number of hydrogen-bond donors (Lipinski definition) is 2. The lowest BCUT2D eigenvalue weighted by Crippen LogP contribution is -2.38. The molecule has 0 amide bonds. The summed E-state index contributed by atoms with van der Waals surface area (Å²) >= 11 is 0. The lowest BCUT2D eigenvalue weighted by atomic mass is 9.96. The van der Waals surface area contributed by atoms with Gasteiger partial charge in [-0.25, -0.2) is 0 Å². The van der Waals surface area contributed by atoms with Gasteiger partial charge in [0.05, 0.1) is 0 Å². The molecular formula is C13H17NO3. The fraction of sp³-hybridized carbons (Fsp3) is 0.462. The number of ether oxygens (including phenoxy) is 1. The van der Waals surface area contributed by atoms with Gasteiger partial charge in [-0.15, -0.1) is 0 Å². The van der Waals surface area contributed by atoms with Crippen molar-refractivity contribution in [2.24, 2.45) is 5.73 Å². The molecule has 0 spiro atoms. The van der Waals surface area contributed by atoms with Gasteiger partial charge in [0.25, 0.3) is 0 Å².